The van der Waals surface area contributed by atoms with Crippen molar-refractivity contribution in [2.75, 3.05) is 19.2 Å². The molecule has 4 rings (SSSR count). The van der Waals surface area contributed by atoms with Gasteiger partial charge in [-0.25, -0.2) is 0 Å². The van der Waals surface area contributed by atoms with Crippen LogP contribution in [0.4, 0.5) is 5.69 Å². The van der Waals surface area contributed by atoms with E-state index in [2.05, 4.69) is 10.6 Å². The van der Waals surface area contributed by atoms with Crippen LogP contribution in [0, 0.1) is 0 Å². The lowest BCUT2D eigenvalue weighted by molar-refractivity contribution is -0.118. The first kappa shape index (κ1) is 19.8. The fraction of sp³-hybridized carbons (Fsp3) is 0.208. The third-order valence-electron chi connectivity index (χ3n) is 5.05. The quantitative estimate of drug-likeness (QED) is 0.609. The first-order chi connectivity index (χ1) is 14.6. The summed E-state index contributed by atoms with van der Waals surface area (Å²) < 4.78 is 16.1. The highest BCUT2D eigenvalue weighted by Crippen LogP contribution is 2.34. The number of benzene rings is 3. The Morgan fingerprint density at radius 1 is 0.933 bits per heavy atom. The average Bonchev–Trinajstić information content (AvgIpc) is 3.26. The fourth-order valence-corrected chi connectivity index (χ4v) is 3.41. The second-order valence-corrected chi connectivity index (χ2v) is 7.07. The molecule has 0 radical (unpaired) electrons. The third kappa shape index (κ3) is 4.39. The molecule has 0 fully saturated rings. The minimum absolute atomic E-state index is 0.0965. The third-order valence-corrected chi connectivity index (χ3v) is 5.05. The number of hydrogen-bond donors (Lipinski definition) is 2. The van der Waals surface area contributed by atoms with Crippen molar-refractivity contribution in [3.8, 4) is 17.2 Å². The minimum atomic E-state index is -0.544. The zero-order valence-electron chi connectivity index (χ0n) is 16.9. The summed E-state index contributed by atoms with van der Waals surface area (Å²) in [7, 11) is 1.60. The fourth-order valence-electron chi connectivity index (χ4n) is 3.41. The average molecular weight is 404 g/mol. The van der Waals surface area contributed by atoms with E-state index in [0.29, 0.717) is 11.4 Å². The van der Waals surface area contributed by atoms with Gasteiger partial charge in [0.25, 0.3) is 0 Å². The van der Waals surface area contributed by atoms with Gasteiger partial charge in [0.05, 0.1) is 7.11 Å². The molecule has 0 aromatic heterocycles. The summed E-state index contributed by atoms with van der Waals surface area (Å²) in [6, 6.07) is 22.1. The van der Waals surface area contributed by atoms with Gasteiger partial charge in [-0.05, 0) is 42.3 Å². The molecular formula is C24H24N2O4. The molecule has 1 heterocycles. The molecule has 0 unspecified atom stereocenters. The predicted octanol–water partition coefficient (Wildman–Crippen LogP) is 4.45. The zero-order valence-corrected chi connectivity index (χ0v) is 16.9. The molecule has 154 valence electrons. The van der Waals surface area contributed by atoms with E-state index in [1.807, 2.05) is 73.7 Å². The maximum absolute atomic E-state index is 13.2. The summed E-state index contributed by atoms with van der Waals surface area (Å²) >= 11 is 0. The SMILES string of the molecule is COc1cccc(NC(=O)[C@H](N[C@H](C)c2ccc3c(c2)OCO3)c2ccccc2)c1. The van der Waals surface area contributed by atoms with Crippen LogP contribution in [0.3, 0.4) is 0 Å². The van der Waals surface area contributed by atoms with Crippen molar-refractivity contribution in [1.82, 2.24) is 5.32 Å². The van der Waals surface area contributed by atoms with E-state index in [9.17, 15) is 4.79 Å². The maximum Gasteiger partial charge on any atom is 0.246 e. The number of amides is 1. The normalized spacial score (nSPS) is 14.1. The topological polar surface area (TPSA) is 68.8 Å². The Hall–Kier alpha value is -3.51. The lowest BCUT2D eigenvalue weighted by Crippen LogP contribution is -2.34. The van der Waals surface area contributed by atoms with Crippen molar-refractivity contribution < 1.29 is 19.0 Å². The molecular weight excluding hydrogens is 380 g/mol. The van der Waals surface area contributed by atoms with Crippen molar-refractivity contribution in [2.45, 2.75) is 19.0 Å². The van der Waals surface area contributed by atoms with E-state index in [-0.39, 0.29) is 18.7 Å². The maximum atomic E-state index is 13.2. The Labute approximate surface area is 175 Å². The van der Waals surface area contributed by atoms with Gasteiger partial charge in [-0.2, -0.15) is 0 Å². The largest absolute Gasteiger partial charge is 0.497 e. The van der Waals surface area contributed by atoms with Gasteiger partial charge in [-0.15, -0.1) is 0 Å². The number of methoxy groups -OCH3 is 1. The smallest absolute Gasteiger partial charge is 0.246 e. The van der Waals surface area contributed by atoms with E-state index in [4.69, 9.17) is 14.2 Å². The molecule has 0 saturated carbocycles. The van der Waals surface area contributed by atoms with E-state index in [0.717, 1.165) is 22.6 Å². The first-order valence-corrected chi connectivity index (χ1v) is 9.79. The van der Waals surface area contributed by atoms with Crippen LogP contribution in [0.1, 0.15) is 30.1 Å². The van der Waals surface area contributed by atoms with Gasteiger partial charge in [-0.3, -0.25) is 10.1 Å². The van der Waals surface area contributed by atoms with E-state index < -0.39 is 6.04 Å². The Kier molecular flexibility index (Phi) is 5.86. The van der Waals surface area contributed by atoms with Crippen LogP contribution < -0.4 is 24.8 Å². The molecule has 2 atom stereocenters. The number of carbonyl (C=O) groups excluding carboxylic acids is 1. The lowest BCUT2D eigenvalue weighted by atomic mass is 10.0. The summed E-state index contributed by atoms with van der Waals surface area (Å²) in [4.78, 5) is 13.2. The van der Waals surface area contributed by atoms with Gasteiger partial charge in [0.2, 0.25) is 12.7 Å². The van der Waals surface area contributed by atoms with Crippen LogP contribution >= 0.6 is 0 Å². The van der Waals surface area contributed by atoms with Gasteiger partial charge in [0.1, 0.15) is 11.8 Å². The number of nitrogens with one attached hydrogen (secondary N) is 2. The summed E-state index contributed by atoms with van der Waals surface area (Å²) in [6.07, 6.45) is 0. The highest BCUT2D eigenvalue weighted by atomic mass is 16.7. The number of rotatable bonds is 7. The molecule has 1 aliphatic rings. The minimum Gasteiger partial charge on any atom is -0.497 e. The molecule has 0 bridgehead atoms. The van der Waals surface area contributed by atoms with Crippen LogP contribution in [-0.2, 0) is 4.79 Å². The second kappa shape index (κ2) is 8.88. The summed E-state index contributed by atoms with van der Waals surface area (Å²) in [5.74, 6) is 1.99. The Morgan fingerprint density at radius 2 is 1.73 bits per heavy atom. The van der Waals surface area contributed by atoms with Crippen molar-refractivity contribution in [3.63, 3.8) is 0 Å². The predicted molar refractivity (Wildman–Crippen MR) is 115 cm³/mol. The lowest BCUT2D eigenvalue weighted by Gasteiger charge is -2.24. The molecule has 1 aliphatic heterocycles. The van der Waals surface area contributed by atoms with Crippen molar-refractivity contribution in [1.29, 1.82) is 0 Å². The molecule has 0 spiro atoms. The molecule has 0 saturated heterocycles. The van der Waals surface area contributed by atoms with Gasteiger partial charge < -0.3 is 19.5 Å². The standard InChI is InChI=1S/C24H24N2O4/c1-16(18-11-12-21-22(13-18)30-15-29-21)25-23(17-7-4-3-5-8-17)24(27)26-19-9-6-10-20(14-19)28-2/h3-14,16,23,25H,15H2,1-2H3,(H,26,27)/t16-,23-/m1/s1. The van der Waals surface area contributed by atoms with Crippen LogP contribution in [0.2, 0.25) is 0 Å². The Morgan fingerprint density at radius 3 is 2.53 bits per heavy atom. The van der Waals surface area contributed by atoms with Crippen molar-refractivity contribution in [3.05, 3.63) is 83.9 Å². The Balaban J connectivity index is 1.56. The zero-order chi connectivity index (χ0) is 20.9. The molecule has 2 N–H and O–H groups in total. The summed E-state index contributed by atoms with van der Waals surface area (Å²) in [6.45, 7) is 2.25. The van der Waals surface area contributed by atoms with Crippen molar-refractivity contribution in [2.24, 2.45) is 0 Å². The highest BCUT2D eigenvalue weighted by molar-refractivity contribution is 5.95. The summed E-state index contributed by atoms with van der Waals surface area (Å²) in [5.41, 5.74) is 2.57. The number of carbonyl (C=O) groups is 1. The number of fused-ring (bicyclic) bond motifs is 1. The molecule has 6 nitrogen and oxygen atoms in total. The van der Waals surface area contributed by atoms with Crippen LogP contribution in [-0.4, -0.2) is 19.8 Å². The molecule has 3 aromatic carbocycles. The van der Waals surface area contributed by atoms with Crippen LogP contribution in [0.15, 0.2) is 72.8 Å². The van der Waals surface area contributed by atoms with E-state index in [1.165, 1.54) is 0 Å². The van der Waals surface area contributed by atoms with Crippen LogP contribution in [0.25, 0.3) is 0 Å². The Bertz CT molecular complexity index is 1020. The van der Waals surface area contributed by atoms with Gasteiger partial charge in [0, 0.05) is 17.8 Å². The van der Waals surface area contributed by atoms with E-state index in [1.54, 1.807) is 13.2 Å². The molecule has 6 heteroatoms. The number of hydrogen-bond acceptors (Lipinski definition) is 5. The monoisotopic (exact) mass is 404 g/mol. The molecule has 0 aliphatic carbocycles. The van der Waals surface area contributed by atoms with Crippen LogP contribution in [0.5, 0.6) is 17.2 Å². The number of anilines is 1. The van der Waals surface area contributed by atoms with Gasteiger partial charge in [0.15, 0.2) is 11.5 Å². The van der Waals surface area contributed by atoms with Gasteiger partial charge >= 0.3 is 0 Å². The second-order valence-electron chi connectivity index (χ2n) is 7.07. The van der Waals surface area contributed by atoms with Gasteiger partial charge in [-0.1, -0.05) is 42.5 Å². The van der Waals surface area contributed by atoms with E-state index >= 15 is 0 Å². The van der Waals surface area contributed by atoms with Crippen molar-refractivity contribution >= 4 is 11.6 Å². The first-order valence-electron chi connectivity index (χ1n) is 9.79. The molecule has 3 aromatic rings. The summed E-state index contributed by atoms with van der Waals surface area (Å²) in [5, 5.41) is 6.44. The number of ether oxygens (including phenoxy) is 3. The molecule has 30 heavy (non-hydrogen) atoms. The highest BCUT2D eigenvalue weighted by Gasteiger charge is 2.24. The molecule has 1 amide bonds.